The first-order valence-electron chi connectivity index (χ1n) is 7.27. The fraction of sp³-hybridized carbons (Fsp3) is 0.929. The summed E-state index contributed by atoms with van der Waals surface area (Å²) in [6, 6.07) is 0. The number of hydrogen-bond donors (Lipinski definition) is 1. The molecule has 0 aromatic rings. The molecule has 1 aliphatic carbocycles. The molecule has 0 aromatic heterocycles. The standard InChI is InChI=1S/C14H24Cl2N2O/c1-3-18-8-5-11(6-9-18)4-7-17-12(19)13(2)10-14(13,15)16/h11H,3-10H2,1-2H3,(H,17,19). The van der Waals surface area contributed by atoms with E-state index in [0.717, 1.165) is 25.4 Å². The van der Waals surface area contributed by atoms with E-state index in [9.17, 15) is 4.79 Å². The average molecular weight is 307 g/mol. The number of nitrogens with zero attached hydrogens (tertiary/aromatic N) is 1. The molecule has 1 amide bonds. The molecule has 0 bridgehead atoms. The maximum atomic E-state index is 12.0. The summed E-state index contributed by atoms with van der Waals surface area (Å²) in [5.74, 6) is 0.746. The molecule has 0 radical (unpaired) electrons. The number of carbonyl (C=O) groups excluding carboxylic acids is 1. The molecule has 3 nitrogen and oxygen atoms in total. The summed E-state index contributed by atoms with van der Waals surface area (Å²) < 4.78 is -0.858. The van der Waals surface area contributed by atoms with Crippen LogP contribution in [0.2, 0.25) is 0 Å². The lowest BCUT2D eigenvalue weighted by molar-refractivity contribution is -0.125. The van der Waals surface area contributed by atoms with E-state index in [1.807, 2.05) is 6.92 Å². The predicted octanol–water partition coefficient (Wildman–Crippen LogP) is 2.81. The monoisotopic (exact) mass is 306 g/mol. The third-order valence-corrected chi connectivity index (χ3v) is 5.85. The van der Waals surface area contributed by atoms with Crippen molar-refractivity contribution in [1.82, 2.24) is 10.2 Å². The Hall–Kier alpha value is 0.01000. The van der Waals surface area contributed by atoms with Gasteiger partial charge in [0, 0.05) is 6.54 Å². The fourth-order valence-corrected chi connectivity index (χ4v) is 3.53. The first kappa shape index (κ1) is 15.4. The van der Waals surface area contributed by atoms with Crippen LogP contribution in [0.1, 0.15) is 39.5 Å². The Kier molecular flexibility index (Phi) is 4.69. The number of alkyl halides is 2. The Bertz CT molecular complexity index is 340. The highest BCUT2D eigenvalue weighted by molar-refractivity contribution is 6.53. The van der Waals surface area contributed by atoms with E-state index in [4.69, 9.17) is 23.2 Å². The molecule has 1 aliphatic heterocycles. The van der Waals surface area contributed by atoms with Gasteiger partial charge in [-0.3, -0.25) is 4.79 Å². The molecule has 1 saturated carbocycles. The minimum Gasteiger partial charge on any atom is -0.356 e. The predicted molar refractivity (Wildman–Crippen MR) is 79.6 cm³/mol. The van der Waals surface area contributed by atoms with Gasteiger partial charge in [-0.1, -0.05) is 6.92 Å². The molecule has 19 heavy (non-hydrogen) atoms. The van der Waals surface area contributed by atoms with E-state index in [1.54, 1.807) is 0 Å². The molecule has 2 rings (SSSR count). The van der Waals surface area contributed by atoms with Crippen LogP contribution in [0.4, 0.5) is 0 Å². The van der Waals surface area contributed by atoms with E-state index in [2.05, 4.69) is 17.1 Å². The lowest BCUT2D eigenvalue weighted by Crippen LogP contribution is -2.37. The normalized spacial score (nSPS) is 31.2. The minimum absolute atomic E-state index is 0.00324. The van der Waals surface area contributed by atoms with Crippen molar-refractivity contribution in [2.75, 3.05) is 26.2 Å². The van der Waals surface area contributed by atoms with Crippen molar-refractivity contribution in [2.45, 2.75) is 43.9 Å². The smallest absolute Gasteiger partial charge is 0.229 e. The summed E-state index contributed by atoms with van der Waals surface area (Å²) in [4.78, 5) is 14.5. The summed E-state index contributed by atoms with van der Waals surface area (Å²) in [6.45, 7) is 8.33. The van der Waals surface area contributed by atoms with Crippen LogP contribution < -0.4 is 5.32 Å². The Labute approximate surface area is 126 Å². The van der Waals surface area contributed by atoms with Gasteiger partial charge >= 0.3 is 0 Å². The number of carbonyl (C=O) groups is 1. The van der Waals surface area contributed by atoms with Crippen molar-refractivity contribution in [2.24, 2.45) is 11.3 Å². The van der Waals surface area contributed by atoms with E-state index in [1.165, 1.54) is 25.9 Å². The number of rotatable bonds is 5. The van der Waals surface area contributed by atoms with Gasteiger partial charge in [0.25, 0.3) is 0 Å². The van der Waals surface area contributed by atoms with Crippen LogP contribution in [0.3, 0.4) is 0 Å². The number of piperidine rings is 1. The summed E-state index contributed by atoms with van der Waals surface area (Å²) >= 11 is 12.0. The van der Waals surface area contributed by atoms with Crippen LogP contribution in [0.15, 0.2) is 0 Å². The second-order valence-electron chi connectivity index (χ2n) is 6.14. The van der Waals surface area contributed by atoms with E-state index in [-0.39, 0.29) is 5.91 Å². The molecule has 1 N–H and O–H groups in total. The first-order chi connectivity index (χ1) is 8.89. The van der Waals surface area contributed by atoms with Gasteiger partial charge in [-0.2, -0.15) is 0 Å². The van der Waals surface area contributed by atoms with E-state index in [0.29, 0.717) is 6.42 Å². The molecule has 0 spiro atoms. The maximum Gasteiger partial charge on any atom is 0.229 e. The quantitative estimate of drug-likeness (QED) is 0.792. The maximum absolute atomic E-state index is 12.0. The molecule has 0 aromatic carbocycles. The van der Waals surface area contributed by atoms with E-state index < -0.39 is 9.75 Å². The van der Waals surface area contributed by atoms with Gasteiger partial charge in [-0.25, -0.2) is 0 Å². The van der Waals surface area contributed by atoms with Crippen molar-refractivity contribution < 1.29 is 4.79 Å². The molecule has 2 aliphatic rings. The van der Waals surface area contributed by atoms with Crippen molar-refractivity contribution in [3.05, 3.63) is 0 Å². The Balaban J connectivity index is 1.64. The number of amides is 1. The SMILES string of the molecule is CCN1CCC(CCNC(=O)C2(C)CC2(Cl)Cl)CC1. The van der Waals surface area contributed by atoms with Gasteiger partial charge in [0.15, 0.2) is 0 Å². The summed E-state index contributed by atoms with van der Waals surface area (Å²) in [5, 5.41) is 2.99. The fourth-order valence-electron chi connectivity index (χ4n) is 2.82. The minimum atomic E-state index is -0.858. The van der Waals surface area contributed by atoms with Crippen molar-refractivity contribution in [1.29, 1.82) is 0 Å². The van der Waals surface area contributed by atoms with E-state index >= 15 is 0 Å². The molecular formula is C14H24Cl2N2O. The average Bonchev–Trinajstić information content (AvgIpc) is 2.91. The zero-order valence-electron chi connectivity index (χ0n) is 11.8. The van der Waals surface area contributed by atoms with Gasteiger partial charge in [0.05, 0.1) is 5.41 Å². The summed E-state index contributed by atoms with van der Waals surface area (Å²) in [6.07, 6.45) is 4.12. The molecule has 1 heterocycles. The summed E-state index contributed by atoms with van der Waals surface area (Å²) in [5.41, 5.74) is -0.582. The van der Waals surface area contributed by atoms with Crippen LogP contribution in [0.5, 0.6) is 0 Å². The van der Waals surface area contributed by atoms with Gasteiger partial charge < -0.3 is 10.2 Å². The van der Waals surface area contributed by atoms with Crippen LogP contribution in [-0.4, -0.2) is 41.3 Å². The van der Waals surface area contributed by atoms with Crippen molar-refractivity contribution in [3.63, 3.8) is 0 Å². The third kappa shape index (κ3) is 3.37. The van der Waals surface area contributed by atoms with Gasteiger partial charge in [0.2, 0.25) is 5.91 Å². The molecule has 5 heteroatoms. The van der Waals surface area contributed by atoms with Gasteiger partial charge in [0.1, 0.15) is 4.33 Å². The lowest BCUT2D eigenvalue weighted by atomic mass is 9.93. The third-order valence-electron chi connectivity index (χ3n) is 4.75. The number of hydrogen-bond acceptors (Lipinski definition) is 2. The van der Waals surface area contributed by atoms with Crippen molar-refractivity contribution in [3.8, 4) is 0 Å². The van der Waals surface area contributed by atoms with Crippen LogP contribution in [0, 0.1) is 11.3 Å². The molecule has 110 valence electrons. The first-order valence-corrected chi connectivity index (χ1v) is 8.03. The highest BCUT2D eigenvalue weighted by Gasteiger charge is 2.67. The largest absolute Gasteiger partial charge is 0.356 e. The zero-order chi connectivity index (χ0) is 14.1. The molecule has 1 unspecified atom stereocenters. The number of nitrogens with one attached hydrogen (secondary N) is 1. The number of halogens is 2. The molecule has 1 saturated heterocycles. The van der Waals surface area contributed by atoms with Gasteiger partial charge in [-0.15, -0.1) is 23.2 Å². The van der Waals surface area contributed by atoms with Crippen LogP contribution >= 0.6 is 23.2 Å². The molecular weight excluding hydrogens is 283 g/mol. The van der Waals surface area contributed by atoms with Crippen LogP contribution in [0.25, 0.3) is 0 Å². The zero-order valence-corrected chi connectivity index (χ0v) is 13.4. The highest BCUT2D eigenvalue weighted by atomic mass is 35.5. The molecule has 1 atom stereocenters. The topological polar surface area (TPSA) is 32.3 Å². The highest BCUT2D eigenvalue weighted by Crippen LogP contribution is 2.63. The second kappa shape index (κ2) is 5.79. The van der Waals surface area contributed by atoms with Gasteiger partial charge in [-0.05, 0) is 58.2 Å². The Morgan fingerprint density at radius 3 is 2.42 bits per heavy atom. The lowest BCUT2D eigenvalue weighted by Gasteiger charge is -2.31. The van der Waals surface area contributed by atoms with Crippen LogP contribution in [-0.2, 0) is 4.79 Å². The summed E-state index contributed by atoms with van der Waals surface area (Å²) in [7, 11) is 0. The number of likely N-dealkylation sites (tertiary alicyclic amines) is 1. The van der Waals surface area contributed by atoms with Crippen molar-refractivity contribution >= 4 is 29.1 Å². The Morgan fingerprint density at radius 1 is 1.37 bits per heavy atom. The second-order valence-corrected chi connectivity index (χ2v) is 7.62. The Morgan fingerprint density at radius 2 is 1.95 bits per heavy atom. The molecule has 2 fully saturated rings.